The molecule has 5 heteroatoms. The number of aliphatic carboxylic acids is 1. The number of aromatic nitrogens is 1. The van der Waals surface area contributed by atoms with E-state index in [0.717, 1.165) is 11.3 Å². The molecular weight excluding hydrogens is 242 g/mol. The minimum absolute atomic E-state index is 0.353. The van der Waals surface area contributed by atoms with Gasteiger partial charge in [0.2, 0.25) is 0 Å². The highest BCUT2D eigenvalue weighted by Gasteiger charge is 2.35. The second-order valence-corrected chi connectivity index (χ2v) is 4.64. The molecule has 0 saturated carbocycles. The van der Waals surface area contributed by atoms with Gasteiger partial charge in [0.15, 0.2) is 0 Å². The number of carbonyl (C=O) groups is 1. The van der Waals surface area contributed by atoms with Gasteiger partial charge in [0.25, 0.3) is 0 Å². The number of aryl methyl sites for hydroxylation is 2. The molecule has 1 rings (SSSR count). The maximum Gasteiger partial charge on any atom is 0.329 e. The molecule has 0 aromatic carbocycles. The van der Waals surface area contributed by atoms with E-state index in [1.54, 1.807) is 13.8 Å². The Labute approximate surface area is 113 Å². The second-order valence-electron chi connectivity index (χ2n) is 4.64. The summed E-state index contributed by atoms with van der Waals surface area (Å²) in [5.74, 6) is -0.576. The van der Waals surface area contributed by atoms with Gasteiger partial charge in [0.1, 0.15) is 17.4 Å². The highest BCUT2D eigenvalue weighted by Crippen LogP contribution is 2.25. The molecule has 0 aliphatic heterocycles. The lowest BCUT2D eigenvalue weighted by Crippen LogP contribution is -2.45. The van der Waals surface area contributed by atoms with Crippen LogP contribution < -0.4 is 5.32 Å². The van der Waals surface area contributed by atoms with Gasteiger partial charge in [-0.3, -0.25) is 0 Å². The molecule has 0 bridgehead atoms. The van der Waals surface area contributed by atoms with Crippen molar-refractivity contribution in [3.8, 4) is 6.07 Å². The predicted octanol–water partition coefficient (Wildman–Crippen LogP) is 2.63. The largest absolute Gasteiger partial charge is 0.480 e. The van der Waals surface area contributed by atoms with E-state index in [-0.39, 0.29) is 0 Å². The fraction of sp³-hybridized carbons (Fsp3) is 0.500. The molecule has 0 amide bonds. The van der Waals surface area contributed by atoms with Crippen LogP contribution in [0.3, 0.4) is 0 Å². The molecule has 0 unspecified atom stereocenters. The number of carboxylic acids is 1. The van der Waals surface area contributed by atoms with Gasteiger partial charge in [-0.1, -0.05) is 13.8 Å². The Kier molecular flexibility index (Phi) is 4.49. The summed E-state index contributed by atoms with van der Waals surface area (Å²) in [5, 5.41) is 21.6. The maximum atomic E-state index is 11.5. The molecule has 1 heterocycles. The lowest BCUT2D eigenvalue weighted by molar-refractivity contribution is -0.142. The number of nitriles is 1. The summed E-state index contributed by atoms with van der Waals surface area (Å²) >= 11 is 0. The molecule has 2 N–H and O–H groups in total. The maximum absolute atomic E-state index is 11.5. The highest BCUT2D eigenvalue weighted by molar-refractivity contribution is 5.83. The van der Waals surface area contributed by atoms with E-state index in [1.165, 1.54) is 0 Å². The van der Waals surface area contributed by atoms with Gasteiger partial charge in [-0.15, -0.1) is 0 Å². The van der Waals surface area contributed by atoms with Gasteiger partial charge in [-0.2, -0.15) is 5.26 Å². The molecule has 19 heavy (non-hydrogen) atoms. The molecular formula is C14H19N3O2. The standard InChI is InChI=1S/C14H19N3O2/c1-5-14(6-2,13(18)19)17-12-11(8-15)9(3)7-10(4)16-12/h7H,5-6H2,1-4H3,(H,16,17)(H,18,19). The zero-order valence-electron chi connectivity index (χ0n) is 11.7. The average molecular weight is 261 g/mol. The third-order valence-electron chi connectivity index (χ3n) is 3.43. The molecule has 1 aromatic heterocycles. The minimum Gasteiger partial charge on any atom is -0.480 e. The van der Waals surface area contributed by atoms with Crippen molar-refractivity contribution in [1.82, 2.24) is 4.98 Å². The molecule has 0 atom stereocenters. The van der Waals surface area contributed by atoms with Gasteiger partial charge < -0.3 is 10.4 Å². The van der Waals surface area contributed by atoms with E-state index in [0.29, 0.717) is 24.2 Å². The van der Waals surface area contributed by atoms with Crippen LogP contribution in [-0.4, -0.2) is 21.6 Å². The Bertz CT molecular complexity index is 528. The summed E-state index contributed by atoms with van der Waals surface area (Å²) in [6.45, 7) is 7.25. The SMILES string of the molecule is CCC(CC)(Nc1nc(C)cc(C)c1C#N)C(=O)O. The van der Waals surface area contributed by atoms with Gasteiger partial charge in [0, 0.05) is 5.69 Å². The zero-order valence-corrected chi connectivity index (χ0v) is 11.7. The first kappa shape index (κ1) is 15.0. The lowest BCUT2D eigenvalue weighted by atomic mass is 9.92. The third-order valence-corrected chi connectivity index (χ3v) is 3.43. The monoisotopic (exact) mass is 261 g/mol. The van der Waals surface area contributed by atoms with E-state index in [4.69, 9.17) is 0 Å². The summed E-state index contributed by atoms with van der Waals surface area (Å²) in [6, 6.07) is 3.89. The molecule has 102 valence electrons. The van der Waals surface area contributed by atoms with Crippen molar-refractivity contribution in [3.05, 3.63) is 22.9 Å². The van der Waals surface area contributed by atoms with Gasteiger partial charge in [0.05, 0.1) is 5.56 Å². The quantitative estimate of drug-likeness (QED) is 0.850. The molecule has 0 fully saturated rings. The molecule has 0 aliphatic rings. The molecule has 0 spiro atoms. The van der Waals surface area contributed by atoms with Crippen molar-refractivity contribution < 1.29 is 9.90 Å². The molecule has 0 aliphatic carbocycles. The van der Waals surface area contributed by atoms with E-state index in [2.05, 4.69) is 16.4 Å². The average Bonchev–Trinajstić information content (AvgIpc) is 2.35. The van der Waals surface area contributed by atoms with Crippen molar-refractivity contribution >= 4 is 11.8 Å². The van der Waals surface area contributed by atoms with E-state index >= 15 is 0 Å². The topological polar surface area (TPSA) is 86.0 Å². The van der Waals surface area contributed by atoms with Gasteiger partial charge >= 0.3 is 5.97 Å². The van der Waals surface area contributed by atoms with Crippen molar-refractivity contribution in [2.45, 2.75) is 46.1 Å². The Balaban J connectivity index is 3.32. The molecule has 0 radical (unpaired) electrons. The van der Waals surface area contributed by atoms with Crippen molar-refractivity contribution in [3.63, 3.8) is 0 Å². The van der Waals surface area contributed by atoms with E-state index < -0.39 is 11.5 Å². The lowest BCUT2D eigenvalue weighted by Gasteiger charge is -2.29. The van der Waals surface area contributed by atoms with Crippen LogP contribution >= 0.6 is 0 Å². The smallest absolute Gasteiger partial charge is 0.329 e. The Morgan fingerprint density at radius 2 is 2.05 bits per heavy atom. The van der Waals surface area contributed by atoms with Gasteiger partial charge in [-0.25, -0.2) is 9.78 Å². The number of carboxylic acid groups (broad SMARTS) is 1. The van der Waals surface area contributed by atoms with Crippen LogP contribution in [0.2, 0.25) is 0 Å². The first-order valence-corrected chi connectivity index (χ1v) is 6.30. The normalized spacial score (nSPS) is 10.9. The van der Waals surface area contributed by atoms with Crippen LogP contribution in [0.5, 0.6) is 0 Å². The Morgan fingerprint density at radius 1 is 1.47 bits per heavy atom. The third kappa shape index (κ3) is 2.84. The summed E-state index contributed by atoms with van der Waals surface area (Å²) < 4.78 is 0. The first-order chi connectivity index (χ1) is 8.90. The van der Waals surface area contributed by atoms with Crippen LogP contribution in [0.1, 0.15) is 43.5 Å². The highest BCUT2D eigenvalue weighted by atomic mass is 16.4. The molecule has 0 saturated heterocycles. The Morgan fingerprint density at radius 3 is 2.47 bits per heavy atom. The van der Waals surface area contributed by atoms with Crippen molar-refractivity contribution in [1.29, 1.82) is 5.26 Å². The number of nitrogens with zero attached hydrogens (tertiary/aromatic N) is 2. The molecule has 1 aromatic rings. The Hall–Kier alpha value is -2.09. The number of hydrogen-bond acceptors (Lipinski definition) is 4. The minimum atomic E-state index is -1.08. The van der Waals surface area contributed by atoms with Crippen LogP contribution in [0.15, 0.2) is 6.07 Å². The summed E-state index contributed by atoms with van der Waals surface area (Å²) in [6.07, 6.45) is 0.830. The summed E-state index contributed by atoms with van der Waals surface area (Å²) in [7, 11) is 0. The predicted molar refractivity (Wildman–Crippen MR) is 73.0 cm³/mol. The summed E-state index contributed by atoms with van der Waals surface area (Å²) in [5.41, 5.74) is 0.867. The first-order valence-electron chi connectivity index (χ1n) is 6.30. The number of pyridine rings is 1. The molecule has 5 nitrogen and oxygen atoms in total. The number of hydrogen-bond donors (Lipinski definition) is 2. The van der Waals surface area contributed by atoms with E-state index in [1.807, 2.05) is 19.9 Å². The number of anilines is 1. The van der Waals surface area contributed by atoms with Crippen molar-refractivity contribution in [2.75, 3.05) is 5.32 Å². The van der Waals surface area contributed by atoms with Crippen LogP contribution in [-0.2, 0) is 4.79 Å². The second kappa shape index (κ2) is 5.70. The van der Waals surface area contributed by atoms with Gasteiger partial charge in [-0.05, 0) is 38.3 Å². The van der Waals surface area contributed by atoms with Crippen LogP contribution in [0.4, 0.5) is 5.82 Å². The zero-order chi connectivity index (χ0) is 14.6. The summed E-state index contributed by atoms with van der Waals surface area (Å²) in [4.78, 5) is 15.8. The van der Waals surface area contributed by atoms with Crippen molar-refractivity contribution in [2.24, 2.45) is 0 Å². The fourth-order valence-corrected chi connectivity index (χ4v) is 2.08. The number of nitrogens with one attached hydrogen (secondary N) is 1. The van der Waals surface area contributed by atoms with Crippen LogP contribution in [0, 0.1) is 25.2 Å². The fourth-order valence-electron chi connectivity index (χ4n) is 2.08. The van der Waals surface area contributed by atoms with E-state index in [9.17, 15) is 15.2 Å². The number of rotatable bonds is 5. The van der Waals surface area contributed by atoms with Crippen LogP contribution in [0.25, 0.3) is 0 Å².